The highest BCUT2D eigenvalue weighted by molar-refractivity contribution is 5.97. The minimum absolute atomic E-state index is 0.183. The van der Waals surface area contributed by atoms with Gasteiger partial charge in [-0.05, 0) is 60.0 Å². The van der Waals surface area contributed by atoms with E-state index in [0.29, 0.717) is 0 Å². The topological polar surface area (TPSA) is 62.6 Å². The van der Waals surface area contributed by atoms with Gasteiger partial charge in [-0.3, -0.25) is 4.79 Å². The van der Waals surface area contributed by atoms with Crippen LogP contribution in [-0.2, 0) is 4.79 Å². The summed E-state index contributed by atoms with van der Waals surface area (Å²) in [6.45, 7) is 3.73. The average molecular weight is 307 g/mol. The van der Waals surface area contributed by atoms with Gasteiger partial charge >= 0.3 is 0 Å². The van der Waals surface area contributed by atoms with Crippen molar-refractivity contribution >= 4 is 5.91 Å². The fraction of sp³-hybridized carbons (Fsp3) is 0.750. The molecular weight excluding hydrogens is 278 g/mol. The molecule has 1 rings (SSSR count). The lowest BCUT2D eigenvalue weighted by Crippen LogP contribution is -2.45. The molecule has 0 unspecified atom stereocenters. The Hall–Kier alpha value is -1.58. The number of rotatable bonds is 7. The predicted octanol–water partition coefficient (Wildman–Crippen LogP) is 0.488. The average Bonchev–Trinajstić information content (AvgIpc) is 2.50. The first-order valence-corrected chi connectivity index (χ1v) is 7.89. The zero-order valence-corrected chi connectivity index (χ0v) is 14.3. The molecule has 1 saturated heterocycles. The number of hydrogen-bond acceptors (Lipinski definition) is 5. The molecule has 0 bridgehead atoms. The van der Waals surface area contributed by atoms with Gasteiger partial charge in [0, 0.05) is 25.8 Å². The highest BCUT2D eigenvalue weighted by atomic mass is 16.2. The van der Waals surface area contributed by atoms with Gasteiger partial charge in [0.05, 0.1) is 0 Å². The summed E-state index contributed by atoms with van der Waals surface area (Å²) >= 11 is 0. The maximum atomic E-state index is 12.4. The van der Waals surface area contributed by atoms with E-state index in [-0.39, 0.29) is 17.5 Å². The van der Waals surface area contributed by atoms with Gasteiger partial charge in [0.15, 0.2) is 0 Å². The lowest BCUT2D eigenvalue weighted by Gasteiger charge is -2.35. The quantitative estimate of drug-likeness (QED) is 0.421. The fourth-order valence-corrected chi connectivity index (χ4v) is 2.55. The maximum absolute atomic E-state index is 12.4. The number of amides is 1. The fourth-order valence-electron chi connectivity index (χ4n) is 2.55. The Morgan fingerprint density at radius 3 is 2.55 bits per heavy atom. The largest absolute Gasteiger partial charge is 0.390 e. The summed E-state index contributed by atoms with van der Waals surface area (Å²) in [6, 6.07) is 2.25. The van der Waals surface area contributed by atoms with Crippen LogP contribution >= 0.6 is 0 Å². The zero-order valence-electron chi connectivity index (χ0n) is 14.3. The Morgan fingerprint density at radius 2 is 2.00 bits per heavy atom. The van der Waals surface area contributed by atoms with Crippen molar-refractivity contribution in [3.8, 4) is 6.07 Å². The second-order valence-electron chi connectivity index (χ2n) is 6.23. The van der Waals surface area contributed by atoms with Crippen molar-refractivity contribution in [1.82, 2.24) is 20.0 Å². The van der Waals surface area contributed by atoms with Gasteiger partial charge in [0.1, 0.15) is 11.6 Å². The highest BCUT2D eigenvalue weighted by Crippen LogP contribution is 2.15. The summed E-state index contributed by atoms with van der Waals surface area (Å²) in [5.74, 6) is -0.183. The highest BCUT2D eigenvalue weighted by Gasteiger charge is 2.25. The number of likely N-dealkylation sites (tertiary alicyclic amines) is 1. The molecule has 0 aliphatic carbocycles. The van der Waals surface area contributed by atoms with Crippen LogP contribution in [0, 0.1) is 11.3 Å². The summed E-state index contributed by atoms with van der Waals surface area (Å²) in [7, 11) is 7.94. The third-order valence-electron chi connectivity index (χ3n) is 4.08. The normalized spacial score (nSPS) is 17.4. The van der Waals surface area contributed by atoms with Gasteiger partial charge in [-0.15, -0.1) is 0 Å². The molecule has 6 nitrogen and oxygen atoms in total. The number of nitrogens with one attached hydrogen (secondary N) is 1. The second-order valence-corrected chi connectivity index (χ2v) is 6.23. The minimum atomic E-state index is -0.183. The van der Waals surface area contributed by atoms with E-state index in [0.717, 1.165) is 45.4 Å². The van der Waals surface area contributed by atoms with Crippen LogP contribution in [0.4, 0.5) is 0 Å². The standard InChI is InChI=1S/C16H29N5O/c1-19(2)9-5-8-18-13-14(12-17)16(22)21(4)15-6-10-20(3)11-7-15/h13,15,18H,5-11H2,1-4H3/b14-13-. The zero-order chi connectivity index (χ0) is 16.5. The van der Waals surface area contributed by atoms with Gasteiger partial charge in [0.25, 0.3) is 5.91 Å². The van der Waals surface area contributed by atoms with Crippen LogP contribution in [0.2, 0.25) is 0 Å². The van der Waals surface area contributed by atoms with Crippen molar-refractivity contribution < 1.29 is 4.79 Å². The molecule has 22 heavy (non-hydrogen) atoms. The molecule has 0 aromatic carbocycles. The molecule has 1 heterocycles. The molecule has 0 spiro atoms. The number of hydrogen-bond donors (Lipinski definition) is 1. The molecule has 124 valence electrons. The van der Waals surface area contributed by atoms with Crippen molar-refractivity contribution in [2.75, 3.05) is 54.4 Å². The third-order valence-corrected chi connectivity index (χ3v) is 4.08. The third kappa shape index (κ3) is 6.04. The Labute approximate surface area is 134 Å². The summed E-state index contributed by atoms with van der Waals surface area (Å²) in [5, 5.41) is 12.3. The monoisotopic (exact) mass is 307 g/mol. The lowest BCUT2D eigenvalue weighted by molar-refractivity contribution is -0.128. The summed E-state index contributed by atoms with van der Waals surface area (Å²) in [4.78, 5) is 18.5. The molecular formula is C16H29N5O. The van der Waals surface area contributed by atoms with Crippen molar-refractivity contribution in [2.45, 2.75) is 25.3 Å². The van der Waals surface area contributed by atoms with Crippen LogP contribution in [0.1, 0.15) is 19.3 Å². The molecule has 0 aromatic rings. The Morgan fingerprint density at radius 1 is 1.36 bits per heavy atom. The lowest BCUT2D eigenvalue weighted by atomic mass is 10.0. The number of piperidine rings is 1. The smallest absolute Gasteiger partial charge is 0.265 e. The SMILES string of the molecule is CN(C)CCCN/C=C(/C#N)C(=O)N(C)C1CCN(C)CC1. The molecule has 0 radical (unpaired) electrons. The van der Waals surface area contributed by atoms with Crippen LogP contribution in [-0.4, -0.2) is 81.0 Å². The summed E-state index contributed by atoms with van der Waals surface area (Å²) in [5.41, 5.74) is 0.186. The molecule has 1 aliphatic rings. The molecule has 1 aliphatic heterocycles. The van der Waals surface area contributed by atoms with Crippen molar-refractivity contribution in [3.05, 3.63) is 11.8 Å². The molecule has 1 amide bonds. The molecule has 0 saturated carbocycles. The van der Waals surface area contributed by atoms with Gasteiger partial charge in [-0.1, -0.05) is 0 Å². The molecule has 0 atom stereocenters. The van der Waals surface area contributed by atoms with Gasteiger partial charge in [-0.2, -0.15) is 5.26 Å². The van der Waals surface area contributed by atoms with Crippen LogP contribution in [0.15, 0.2) is 11.8 Å². The van der Waals surface area contributed by atoms with E-state index in [4.69, 9.17) is 0 Å². The Bertz CT molecular complexity index is 419. The van der Waals surface area contributed by atoms with E-state index in [2.05, 4.69) is 22.2 Å². The summed E-state index contributed by atoms with van der Waals surface area (Å²) in [6.07, 6.45) is 4.46. The van der Waals surface area contributed by atoms with E-state index >= 15 is 0 Å². The second kappa shape index (κ2) is 9.44. The molecule has 6 heteroatoms. The number of likely N-dealkylation sites (N-methyl/N-ethyl adjacent to an activating group) is 1. The first-order valence-electron chi connectivity index (χ1n) is 7.89. The number of carbonyl (C=O) groups is 1. The van der Waals surface area contributed by atoms with E-state index in [1.165, 1.54) is 0 Å². The number of carbonyl (C=O) groups excluding carboxylic acids is 1. The maximum Gasteiger partial charge on any atom is 0.265 e. The van der Waals surface area contributed by atoms with E-state index in [1.807, 2.05) is 20.2 Å². The minimum Gasteiger partial charge on any atom is -0.390 e. The first-order chi connectivity index (χ1) is 10.5. The van der Waals surface area contributed by atoms with Crippen molar-refractivity contribution in [3.63, 3.8) is 0 Å². The summed E-state index contributed by atoms with van der Waals surface area (Å²) < 4.78 is 0. The van der Waals surface area contributed by atoms with Gasteiger partial charge < -0.3 is 20.0 Å². The van der Waals surface area contributed by atoms with E-state index < -0.39 is 0 Å². The molecule has 1 N–H and O–H groups in total. The van der Waals surface area contributed by atoms with Crippen LogP contribution < -0.4 is 5.32 Å². The number of nitriles is 1. The van der Waals surface area contributed by atoms with Crippen molar-refractivity contribution in [2.24, 2.45) is 0 Å². The predicted molar refractivity (Wildman–Crippen MR) is 88.2 cm³/mol. The van der Waals surface area contributed by atoms with Crippen LogP contribution in [0.3, 0.4) is 0 Å². The van der Waals surface area contributed by atoms with E-state index in [1.54, 1.807) is 18.1 Å². The van der Waals surface area contributed by atoms with Gasteiger partial charge in [-0.25, -0.2) is 0 Å². The first kappa shape index (κ1) is 18.5. The Balaban J connectivity index is 2.47. The molecule has 0 aromatic heterocycles. The van der Waals surface area contributed by atoms with Gasteiger partial charge in [0.2, 0.25) is 0 Å². The number of nitrogens with zero attached hydrogens (tertiary/aromatic N) is 4. The molecule has 1 fully saturated rings. The Kier molecular flexibility index (Phi) is 7.92. The van der Waals surface area contributed by atoms with Crippen LogP contribution in [0.25, 0.3) is 0 Å². The van der Waals surface area contributed by atoms with Crippen LogP contribution in [0.5, 0.6) is 0 Å². The van der Waals surface area contributed by atoms with Crippen molar-refractivity contribution in [1.29, 1.82) is 5.26 Å². The van der Waals surface area contributed by atoms with E-state index in [9.17, 15) is 10.1 Å².